The lowest BCUT2D eigenvalue weighted by Crippen LogP contribution is -2.23. The highest BCUT2D eigenvalue weighted by Gasteiger charge is 2.20. The van der Waals surface area contributed by atoms with Crippen LogP contribution in [0.3, 0.4) is 0 Å². The number of aromatic nitrogens is 1. The van der Waals surface area contributed by atoms with E-state index in [9.17, 15) is 0 Å². The Morgan fingerprint density at radius 1 is 1.59 bits per heavy atom. The van der Waals surface area contributed by atoms with E-state index in [1.54, 1.807) is 6.20 Å². The minimum atomic E-state index is 0.273. The summed E-state index contributed by atoms with van der Waals surface area (Å²) < 4.78 is 0. The molecule has 0 aliphatic carbocycles. The molecule has 1 aromatic rings. The predicted octanol–water partition coefficient (Wildman–Crippen LogP) is 3.00. The number of nitrogens with one attached hydrogen (secondary N) is 1. The number of aliphatic imine (C=N–C) groups is 1. The summed E-state index contributed by atoms with van der Waals surface area (Å²) in [6.45, 7) is 5.33. The number of hydrogen-bond acceptors (Lipinski definition) is 4. The third-order valence-corrected chi connectivity index (χ3v) is 4.04. The van der Waals surface area contributed by atoms with Crippen LogP contribution in [-0.4, -0.2) is 21.9 Å². The second-order valence-electron chi connectivity index (χ2n) is 4.33. The summed E-state index contributed by atoms with van der Waals surface area (Å²) in [5.41, 5.74) is 1.20. The van der Waals surface area contributed by atoms with Gasteiger partial charge in [0, 0.05) is 17.6 Å². The summed E-state index contributed by atoms with van der Waals surface area (Å²) in [6, 6.07) is 4.33. The van der Waals surface area contributed by atoms with Gasteiger partial charge in [0.05, 0.1) is 12.6 Å². The first-order chi connectivity index (χ1) is 8.29. The lowest BCUT2D eigenvalue weighted by molar-refractivity contribution is 0.716. The van der Waals surface area contributed by atoms with E-state index in [0.717, 1.165) is 11.7 Å². The van der Waals surface area contributed by atoms with Crippen molar-refractivity contribution in [1.82, 2.24) is 10.3 Å². The smallest absolute Gasteiger partial charge is 0.157 e. The minimum Gasteiger partial charge on any atom is -0.358 e. The molecule has 2 unspecified atom stereocenters. The van der Waals surface area contributed by atoms with E-state index < -0.39 is 0 Å². The molecule has 1 aliphatic heterocycles. The lowest BCUT2D eigenvalue weighted by atomic mass is 10.1. The van der Waals surface area contributed by atoms with Crippen LogP contribution in [0.15, 0.2) is 29.5 Å². The lowest BCUT2D eigenvalue weighted by Gasteiger charge is -2.15. The van der Waals surface area contributed by atoms with Crippen molar-refractivity contribution in [2.45, 2.75) is 38.0 Å². The van der Waals surface area contributed by atoms with E-state index in [-0.39, 0.29) is 6.04 Å². The maximum absolute atomic E-state index is 4.55. The number of hydrogen-bond donors (Lipinski definition) is 1. The van der Waals surface area contributed by atoms with Gasteiger partial charge in [-0.25, -0.2) is 0 Å². The topological polar surface area (TPSA) is 37.3 Å². The Bertz CT molecular complexity index is 378. The zero-order valence-corrected chi connectivity index (χ0v) is 11.2. The van der Waals surface area contributed by atoms with Gasteiger partial charge in [-0.2, -0.15) is 0 Å². The van der Waals surface area contributed by atoms with E-state index in [0.29, 0.717) is 5.25 Å². The Kier molecular flexibility index (Phi) is 4.42. The molecule has 1 N–H and O–H groups in total. The molecule has 1 aromatic heterocycles. The molecular formula is C13H19N3S. The van der Waals surface area contributed by atoms with Crippen molar-refractivity contribution < 1.29 is 0 Å². The van der Waals surface area contributed by atoms with Crippen molar-refractivity contribution >= 4 is 16.9 Å². The number of nitrogens with zero attached hydrogens (tertiary/aromatic N) is 2. The van der Waals surface area contributed by atoms with Gasteiger partial charge in [0.25, 0.3) is 0 Å². The van der Waals surface area contributed by atoms with Crippen LogP contribution in [0.2, 0.25) is 0 Å². The average Bonchev–Trinajstić information content (AvgIpc) is 2.78. The Hall–Kier alpha value is -1.03. The van der Waals surface area contributed by atoms with Crippen molar-refractivity contribution in [2.24, 2.45) is 4.99 Å². The summed E-state index contributed by atoms with van der Waals surface area (Å²) in [7, 11) is 0. The maximum atomic E-state index is 4.55. The molecule has 2 rings (SSSR count). The summed E-state index contributed by atoms with van der Waals surface area (Å²) in [5, 5.41) is 5.21. The van der Waals surface area contributed by atoms with Crippen LogP contribution in [0, 0.1) is 0 Å². The molecule has 3 nitrogen and oxygen atoms in total. The van der Waals surface area contributed by atoms with Crippen LogP contribution in [0.4, 0.5) is 0 Å². The third kappa shape index (κ3) is 3.46. The highest BCUT2D eigenvalue weighted by molar-refractivity contribution is 8.14. The summed E-state index contributed by atoms with van der Waals surface area (Å²) >= 11 is 1.88. The fourth-order valence-corrected chi connectivity index (χ4v) is 3.08. The van der Waals surface area contributed by atoms with Gasteiger partial charge in [-0.15, -0.1) is 0 Å². The highest BCUT2D eigenvalue weighted by atomic mass is 32.2. The van der Waals surface area contributed by atoms with Crippen LogP contribution in [0.25, 0.3) is 0 Å². The Balaban J connectivity index is 1.86. The molecule has 0 aromatic carbocycles. The molecule has 17 heavy (non-hydrogen) atoms. The predicted molar refractivity (Wildman–Crippen MR) is 74.4 cm³/mol. The molecule has 0 bridgehead atoms. The van der Waals surface area contributed by atoms with Gasteiger partial charge in [0.1, 0.15) is 0 Å². The van der Waals surface area contributed by atoms with Crippen LogP contribution < -0.4 is 5.32 Å². The number of amidine groups is 1. The van der Waals surface area contributed by atoms with Crippen molar-refractivity contribution in [2.75, 3.05) is 6.54 Å². The molecule has 0 saturated heterocycles. The summed E-state index contributed by atoms with van der Waals surface area (Å²) in [5.74, 6) is 0. The summed E-state index contributed by atoms with van der Waals surface area (Å²) in [6.07, 6.45) is 6.19. The molecule has 0 saturated carbocycles. The van der Waals surface area contributed by atoms with Gasteiger partial charge in [-0.1, -0.05) is 31.2 Å². The van der Waals surface area contributed by atoms with Gasteiger partial charge in [-0.3, -0.25) is 9.98 Å². The fraction of sp³-hybridized carbons (Fsp3) is 0.538. The van der Waals surface area contributed by atoms with E-state index in [1.807, 2.05) is 24.0 Å². The molecule has 2 atom stereocenters. The standard InChI is InChI=1S/C13H19N3S/c1-3-5-12-9-15-13(17-12)16-10(2)11-6-4-7-14-8-11/h4,6-8,10,12H,3,5,9H2,1-2H3,(H,15,16). The zero-order chi connectivity index (χ0) is 12.1. The first kappa shape index (κ1) is 12.4. The molecular weight excluding hydrogens is 230 g/mol. The summed E-state index contributed by atoms with van der Waals surface area (Å²) in [4.78, 5) is 8.69. The monoisotopic (exact) mass is 249 g/mol. The third-order valence-electron chi connectivity index (χ3n) is 2.85. The molecule has 0 fully saturated rings. The molecule has 0 radical (unpaired) electrons. The fourth-order valence-electron chi connectivity index (χ4n) is 1.87. The van der Waals surface area contributed by atoms with Gasteiger partial charge < -0.3 is 5.32 Å². The average molecular weight is 249 g/mol. The van der Waals surface area contributed by atoms with Gasteiger partial charge >= 0.3 is 0 Å². The van der Waals surface area contributed by atoms with E-state index in [2.05, 4.69) is 35.2 Å². The first-order valence-corrected chi connectivity index (χ1v) is 7.05. The SMILES string of the molecule is CCCC1CN=C(NC(C)c2cccnc2)S1. The number of rotatable bonds is 4. The largest absolute Gasteiger partial charge is 0.358 e. The number of pyridine rings is 1. The van der Waals surface area contributed by atoms with Gasteiger partial charge in [0.15, 0.2) is 5.17 Å². The highest BCUT2D eigenvalue weighted by Crippen LogP contribution is 2.25. The van der Waals surface area contributed by atoms with Crippen LogP contribution in [0.5, 0.6) is 0 Å². The van der Waals surface area contributed by atoms with E-state index in [1.165, 1.54) is 18.4 Å². The van der Waals surface area contributed by atoms with E-state index >= 15 is 0 Å². The first-order valence-electron chi connectivity index (χ1n) is 6.17. The zero-order valence-electron chi connectivity index (χ0n) is 10.4. The van der Waals surface area contributed by atoms with Gasteiger partial charge in [-0.05, 0) is 25.0 Å². The van der Waals surface area contributed by atoms with Crippen molar-refractivity contribution in [3.05, 3.63) is 30.1 Å². The Labute approximate surface area is 107 Å². The maximum Gasteiger partial charge on any atom is 0.157 e. The molecule has 2 heterocycles. The van der Waals surface area contributed by atoms with Crippen molar-refractivity contribution in [3.8, 4) is 0 Å². The second kappa shape index (κ2) is 6.05. The molecule has 1 aliphatic rings. The van der Waals surface area contributed by atoms with Crippen LogP contribution in [-0.2, 0) is 0 Å². The second-order valence-corrected chi connectivity index (χ2v) is 5.62. The van der Waals surface area contributed by atoms with Crippen molar-refractivity contribution in [1.29, 1.82) is 0 Å². The number of thioether (sulfide) groups is 1. The quantitative estimate of drug-likeness (QED) is 0.891. The van der Waals surface area contributed by atoms with Crippen LogP contribution >= 0.6 is 11.8 Å². The van der Waals surface area contributed by atoms with Crippen molar-refractivity contribution in [3.63, 3.8) is 0 Å². The van der Waals surface area contributed by atoms with Crippen LogP contribution in [0.1, 0.15) is 38.3 Å². The minimum absolute atomic E-state index is 0.273. The molecule has 92 valence electrons. The molecule has 4 heteroatoms. The van der Waals surface area contributed by atoms with Gasteiger partial charge in [0.2, 0.25) is 0 Å². The van der Waals surface area contributed by atoms with E-state index in [4.69, 9.17) is 0 Å². The Morgan fingerprint density at radius 3 is 3.18 bits per heavy atom. The molecule has 0 amide bonds. The molecule has 0 spiro atoms. The normalized spacial score (nSPS) is 21.1. The Morgan fingerprint density at radius 2 is 2.47 bits per heavy atom.